The monoisotopic (exact) mass is 288 g/mol. The number of nitrogens with one attached hydrogen (secondary N) is 1. The Kier molecular flexibility index (Phi) is 3.60. The number of fused-ring (bicyclic) bond motifs is 1. The van der Waals surface area contributed by atoms with E-state index < -0.39 is 6.10 Å². The molecule has 104 valence electrons. The molecule has 1 aromatic carbocycles. The highest BCUT2D eigenvalue weighted by Gasteiger charge is 2.28. The summed E-state index contributed by atoms with van der Waals surface area (Å²) in [4.78, 5) is 14.1. The van der Waals surface area contributed by atoms with Gasteiger partial charge in [-0.1, -0.05) is 12.1 Å². The average Bonchev–Trinajstić information content (AvgIpc) is 2.99. The molecule has 0 radical (unpaired) electrons. The molecule has 1 aliphatic rings. The fourth-order valence-corrected chi connectivity index (χ4v) is 2.89. The summed E-state index contributed by atoms with van der Waals surface area (Å²) in [5.41, 5.74) is 2.09. The van der Waals surface area contributed by atoms with Crippen LogP contribution in [0.4, 0.5) is 5.69 Å². The molecular weight excluding hydrogens is 272 g/mol. The number of hydrogen-bond acceptors (Lipinski definition) is 4. The lowest BCUT2D eigenvalue weighted by atomic mass is 10.2. The Hall–Kier alpha value is -2.01. The number of carbonyl (C=O) groups excluding carboxylic acids is 1. The quantitative estimate of drug-likeness (QED) is 0.944. The highest BCUT2D eigenvalue weighted by atomic mass is 32.1. The molecule has 1 amide bonds. The van der Waals surface area contributed by atoms with Gasteiger partial charge in [0.05, 0.1) is 12.2 Å². The van der Waals surface area contributed by atoms with Crippen LogP contribution in [0.5, 0.6) is 5.75 Å². The summed E-state index contributed by atoms with van der Waals surface area (Å²) < 4.78 is 5.78. The van der Waals surface area contributed by atoms with E-state index in [0.717, 1.165) is 17.0 Å². The van der Waals surface area contributed by atoms with Crippen molar-refractivity contribution < 1.29 is 9.53 Å². The van der Waals surface area contributed by atoms with Gasteiger partial charge in [-0.15, -0.1) is 0 Å². The average molecular weight is 288 g/mol. The molecule has 0 spiro atoms. The standard InChI is InChI=1S/C15H16N2O2S/c1-17(9-11-6-7-20-10-11)15(18)14-8-16-12-4-2-3-5-13(12)19-14/h2-7,10,14,16H,8-9H2,1H3. The summed E-state index contributed by atoms with van der Waals surface area (Å²) in [5.74, 6) is 0.735. The minimum Gasteiger partial charge on any atom is -0.477 e. The van der Waals surface area contributed by atoms with Gasteiger partial charge in [-0.25, -0.2) is 0 Å². The fraction of sp³-hybridized carbons (Fsp3) is 0.267. The third-order valence-corrected chi connectivity index (χ3v) is 4.02. The molecule has 1 aromatic heterocycles. The number of hydrogen-bond donors (Lipinski definition) is 1. The zero-order valence-electron chi connectivity index (χ0n) is 11.2. The summed E-state index contributed by atoms with van der Waals surface area (Å²) >= 11 is 1.64. The van der Waals surface area contributed by atoms with Crippen molar-refractivity contribution in [3.8, 4) is 5.75 Å². The lowest BCUT2D eigenvalue weighted by molar-refractivity contribution is -0.137. The summed E-state index contributed by atoms with van der Waals surface area (Å²) in [6.07, 6.45) is -0.464. The summed E-state index contributed by atoms with van der Waals surface area (Å²) in [6.45, 7) is 1.12. The number of rotatable bonds is 3. The lowest BCUT2D eigenvalue weighted by Gasteiger charge is -2.29. The van der Waals surface area contributed by atoms with Crippen LogP contribution in [0.3, 0.4) is 0 Å². The molecule has 5 heteroatoms. The van der Waals surface area contributed by atoms with Crippen LogP contribution in [-0.2, 0) is 11.3 Å². The maximum Gasteiger partial charge on any atom is 0.265 e. The molecule has 0 saturated carbocycles. The van der Waals surface area contributed by atoms with E-state index in [9.17, 15) is 4.79 Å². The van der Waals surface area contributed by atoms with E-state index in [1.54, 1.807) is 16.2 Å². The Morgan fingerprint density at radius 3 is 3.10 bits per heavy atom. The zero-order valence-corrected chi connectivity index (χ0v) is 12.0. The zero-order chi connectivity index (χ0) is 13.9. The van der Waals surface area contributed by atoms with E-state index in [0.29, 0.717) is 13.1 Å². The summed E-state index contributed by atoms with van der Waals surface area (Å²) in [7, 11) is 1.81. The first-order valence-corrected chi connectivity index (χ1v) is 7.44. The number of likely N-dealkylation sites (N-methyl/N-ethyl adjacent to an activating group) is 1. The second-order valence-electron chi connectivity index (χ2n) is 4.81. The van der Waals surface area contributed by atoms with Gasteiger partial charge in [-0.3, -0.25) is 4.79 Å². The van der Waals surface area contributed by atoms with Gasteiger partial charge >= 0.3 is 0 Å². The number of thiophene rings is 1. The minimum absolute atomic E-state index is 0.00166. The number of benzene rings is 1. The first-order chi connectivity index (χ1) is 9.74. The van der Waals surface area contributed by atoms with Gasteiger partial charge in [0.15, 0.2) is 6.10 Å². The van der Waals surface area contributed by atoms with E-state index in [1.165, 1.54) is 0 Å². The lowest BCUT2D eigenvalue weighted by Crippen LogP contribution is -2.45. The molecule has 0 saturated heterocycles. The van der Waals surface area contributed by atoms with Gasteiger partial charge in [0.2, 0.25) is 0 Å². The maximum absolute atomic E-state index is 12.4. The maximum atomic E-state index is 12.4. The number of para-hydroxylation sites is 2. The van der Waals surface area contributed by atoms with Crippen LogP contribution in [0.1, 0.15) is 5.56 Å². The van der Waals surface area contributed by atoms with Crippen LogP contribution in [0.2, 0.25) is 0 Å². The number of nitrogens with zero attached hydrogens (tertiary/aromatic N) is 1. The fourth-order valence-electron chi connectivity index (χ4n) is 2.23. The number of carbonyl (C=O) groups is 1. The van der Waals surface area contributed by atoms with Gasteiger partial charge in [-0.05, 0) is 34.5 Å². The molecule has 0 bridgehead atoms. The Balaban J connectivity index is 1.66. The smallest absolute Gasteiger partial charge is 0.265 e. The van der Waals surface area contributed by atoms with Gasteiger partial charge in [0.1, 0.15) is 5.75 Å². The molecule has 4 nitrogen and oxygen atoms in total. The van der Waals surface area contributed by atoms with Crippen LogP contribution in [0.25, 0.3) is 0 Å². The first-order valence-electron chi connectivity index (χ1n) is 6.49. The Bertz CT molecular complexity index is 598. The van der Waals surface area contributed by atoms with Gasteiger partial charge in [0, 0.05) is 13.6 Å². The first kappa shape index (κ1) is 13.0. The summed E-state index contributed by atoms with van der Waals surface area (Å²) in [6, 6.07) is 9.71. The van der Waals surface area contributed by atoms with E-state index in [4.69, 9.17) is 4.74 Å². The van der Waals surface area contributed by atoms with Gasteiger partial charge in [-0.2, -0.15) is 11.3 Å². The van der Waals surface area contributed by atoms with Gasteiger partial charge < -0.3 is 15.0 Å². The van der Waals surface area contributed by atoms with Crippen molar-refractivity contribution in [3.05, 3.63) is 46.7 Å². The Labute approximate surface area is 122 Å². The SMILES string of the molecule is CN(Cc1ccsc1)C(=O)C1CNc2ccccc2O1. The molecule has 2 heterocycles. The molecule has 1 N–H and O–H groups in total. The van der Waals surface area contributed by atoms with E-state index >= 15 is 0 Å². The minimum atomic E-state index is -0.464. The van der Waals surface area contributed by atoms with Crippen LogP contribution in [0.15, 0.2) is 41.1 Å². The molecule has 1 aliphatic heterocycles. The molecular formula is C15H16N2O2S. The predicted molar refractivity (Wildman–Crippen MR) is 80.1 cm³/mol. The Morgan fingerprint density at radius 2 is 2.30 bits per heavy atom. The van der Waals surface area contributed by atoms with Crippen LogP contribution in [-0.4, -0.2) is 30.5 Å². The molecule has 2 aromatic rings. The second kappa shape index (κ2) is 5.54. The van der Waals surface area contributed by atoms with Crippen molar-refractivity contribution >= 4 is 22.9 Å². The third-order valence-electron chi connectivity index (χ3n) is 3.29. The third kappa shape index (κ3) is 2.63. The molecule has 20 heavy (non-hydrogen) atoms. The largest absolute Gasteiger partial charge is 0.477 e. The number of amides is 1. The number of ether oxygens (including phenoxy) is 1. The highest BCUT2D eigenvalue weighted by molar-refractivity contribution is 7.07. The molecule has 1 unspecified atom stereocenters. The van der Waals surface area contributed by atoms with E-state index in [-0.39, 0.29) is 5.91 Å². The van der Waals surface area contributed by atoms with Crippen molar-refractivity contribution in [2.24, 2.45) is 0 Å². The second-order valence-corrected chi connectivity index (χ2v) is 5.59. The van der Waals surface area contributed by atoms with Crippen molar-refractivity contribution in [1.29, 1.82) is 0 Å². The summed E-state index contributed by atoms with van der Waals surface area (Å²) in [5, 5.41) is 7.31. The normalized spacial score (nSPS) is 16.8. The molecule has 1 atom stereocenters. The van der Waals surface area contributed by atoms with E-state index in [1.807, 2.05) is 42.8 Å². The van der Waals surface area contributed by atoms with Crippen LogP contribution in [0, 0.1) is 0 Å². The van der Waals surface area contributed by atoms with Gasteiger partial charge in [0.25, 0.3) is 5.91 Å². The topological polar surface area (TPSA) is 41.6 Å². The molecule has 3 rings (SSSR count). The van der Waals surface area contributed by atoms with Crippen LogP contribution >= 0.6 is 11.3 Å². The molecule has 0 fully saturated rings. The molecule has 0 aliphatic carbocycles. The predicted octanol–water partition coefficient (Wildman–Crippen LogP) is 2.58. The van der Waals surface area contributed by atoms with Crippen molar-refractivity contribution in [2.45, 2.75) is 12.6 Å². The van der Waals surface area contributed by atoms with Crippen LogP contribution < -0.4 is 10.1 Å². The van der Waals surface area contributed by atoms with E-state index in [2.05, 4.69) is 10.7 Å². The number of anilines is 1. The van der Waals surface area contributed by atoms with Crippen molar-refractivity contribution in [1.82, 2.24) is 4.90 Å². The highest BCUT2D eigenvalue weighted by Crippen LogP contribution is 2.28. The van der Waals surface area contributed by atoms with Crippen molar-refractivity contribution in [2.75, 3.05) is 18.9 Å². The Morgan fingerprint density at radius 1 is 1.45 bits per heavy atom. The van der Waals surface area contributed by atoms with Crippen molar-refractivity contribution in [3.63, 3.8) is 0 Å².